The van der Waals surface area contributed by atoms with Crippen molar-refractivity contribution in [3.8, 4) is 0 Å². The Morgan fingerprint density at radius 3 is 3.00 bits per heavy atom. The number of fused-ring (bicyclic) bond motifs is 1. The highest BCUT2D eigenvalue weighted by Gasteiger charge is 2.23. The molecule has 1 saturated heterocycles. The van der Waals surface area contributed by atoms with Gasteiger partial charge in [-0.2, -0.15) is 0 Å². The summed E-state index contributed by atoms with van der Waals surface area (Å²) in [5, 5.41) is 3.57. The summed E-state index contributed by atoms with van der Waals surface area (Å²) in [4.78, 5) is 8.88. The third-order valence-electron chi connectivity index (χ3n) is 3.55. The van der Waals surface area contributed by atoms with E-state index in [9.17, 15) is 0 Å². The second-order valence-corrected chi connectivity index (χ2v) is 4.54. The minimum atomic E-state index is 0.494. The fourth-order valence-electron chi connectivity index (χ4n) is 2.77. The summed E-state index contributed by atoms with van der Waals surface area (Å²) in [5.74, 6) is 0. The molecule has 1 atom stereocenters. The molecule has 2 heterocycles. The molecule has 15 heavy (non-hydrogen) atoms. The van der Waals surface area contributed by atoms with Crippen LogP contribution in [0.3, 0.4) is 0 Å². The topological polar surface area (TPSA) is 37.8 Å². The average molecular weight is 203 g/mol. The summed E-state index contributed by atoms with van der Waals surface area (Å²) < 4.78 is 0. The number of aryl methyl sites for hydroxylation is 1. The smallest absolute Gasteiger partial charge is 0.116 e. The fourth-order valence-corrected chi connectivity index (χ4v) is 2.77. The van der Waals surface area contributed by atoms with E-state index in [4.69, 9.17) is 0 Å². The third kappa shape index (κ3) is 1.65. The van der Waals surface area contributed by atoms with E-state index < -0.39 is 0 Å². The van der Waals surface area contributed by atoms with Crippen molar-refractivity contribution in [1.29, 1.82) is 0 Å². The van der Waals surface area contributed by atoms with Crippen molar-refractivity contribution in [3.05, 3.63) is 23.3 Å². The average Bonchev–Trinajstić information content (AvgIpc) is 2.78. The lowest BCUT2D eigenvalue weighted by molar-refractivity contribution is 0.402. The van der Waals surface area contributed by atoms with Crippen molar-refractivity contribution in [2.45, 2.75) is 44.6 Å². The second-order valence-electron chi connectivity index (χ2n) is 4.54. The van der Waals surface area contributed by atoms with Crippen molar-refractivity contribution in [3.63, 3.8) is 0 Å². The molecule has 3 rings (SSSR count). The summed E-state index contributed by atoms with van der Waals surface area (Å²) in [6.45, 7) is 1.14. The molecule has 0 aromatic carbocycles. The van der Waals surface area contributed by atoms with Crippen LogP contribution < -0.4 is 5.32 Å². The van der Waals surface area contributed by atoms with Gasteiger partial charge in [-0.1, -0.05) is 6.42 Å². The van der Waals surface area contributed by atoms with Crippen LogP contribution in [-0.2, 0) is 12.8 Å². The first-order chi connectivity index (χ1) is 7.45. The van der Waals surface area contributed by atoms with Gasteiger partial charge >= 0.3 is 0 Å². The quantitative estimate of drug-likeness (QED) is 0.756. The molecule has 0 spiro atoms. The zero-order valence-electron chi connectivity index (χ0n) is 9.00. The summed E-state index contributed by atoms with van der Waals surface area (Å²) in [5.41, 5.74) is 4.03. The van der Waals surface area contributed by atoms with E-state index in [0.29, 0.717) is 6.04 Å². The molecule has 1 fully saturated rings. The maximum Gasteiger partial charge on any atom is 0.116 e. The van der Waals surface area contributed by atoms with Crippen LogP contribution in [0.15, 0.2) is 6.33 Å². The number of hydrogen-bond donors (Lipinski definition) is 1. The minimum absolute atomic E-state index is 0.494. The fraction of sp³-hybridized carbons (Fsp3) is 0.667. The molecule has 2 aliphatic rings. The lowest BCUT2D eigenvalue weighted by atomic mass is 9.98. The van der Waals surface area contributed by atoms with Gasteiger partial charge in [-0.3, -0.25) is 0 Å². The Morgan fingerprint density at radius 2 is 2.13 bits per heavy atom. The van der Waals surface area contributed by atoms with Gasteiger partial charge in [0.1, 0.15) is 6.33 Å². The van der Waals surface area contributed by atoms with Crippen molar-refractivity contribution in [2.24, 2.45) is 0 Å². The van der Waals surface area contributed by atoms with E-state index in [0.717, 1.165) is 13.0 Å². The number of hydrogen-bond acceptors (Lipinski definition) is 3. The highest BCUT2D eigenvalue weighted by molar-refractivity contribution is 5.31. The summed E-state index contributed by atoms with van der Waals surface area (Å²) >= 11 is 0. The first-order valence-electron chi connectivity index (χ1n) is 6.01. The van der Waals surface area contributed by atoms with Crippen molar-refractivity contribution in [2.75, 3.05) is 6.54 Å². The summed E-state index contributed by atoms with van der Waals surface area (Å²) in [6.07, 6.45) is 9.22. The van der Waals surface area contributed by atoms with Gasteiger partial charge in [-0.15, -0.1) is 0 Å². The lowest BCUT2D eigenvalue weighted by Gasteiger charge is -2.24. The van der Waals surface area contributed by atoms with Crippen LogP contribution in [0.4, 0.5) is 0 Å². The molecule has 1 aromatic rings. The molecule has 0 amide bonds. The van der Waals surface area contributed by atoms with Crippen LogP contribution in [0.2, 0.25) is 0 Å². The number of rotatable bonds is 1. The molecular weight excluding hydrogens is 186 g/mol. The van der Waals surface area contributed by atoms with Crippen LogP contribution in [0.25, 0.3) is 0 Å². The SMILES string of the molecule is c1nc2c(c(C3CCCCN3)n1)CCC2. The Bertz CT molecular complexity index is 356. The van der Waals surface area contributed by atoms with Gasteiger partial charge in [0.15, 0.2) is 0 Å². The summed E-state index contributed by atoms with van der Waals surface area (Å²) in [6, 6.07) is 0.494. The minimum Gasteiger partial charge on any atom is -0.309 e. The van der Waals surface area contributed by atoms with Gasteiger partial charge in [-0.25, -0.2) is 9.97 Å². The molecule has 1 aliphatic carbocycles. The molecule has 1 aliphatic heterocycles. The van der Waals surface area contributed by atoms with Gasteiger partial charge in [0.2, 0.25) is 0 Å². The van der Waals surface area contributed by atoms with E-state index >= 15 is 0 Å². The van der Waals surface area contributed by atoms with E-state index in [2.05, 4.69) is 15.3 Å². The number of aromatic nitrogens is 2. The monoisotopic (exact) mass is 203 g/mol. The predicted octanol–water partition coefficient (Wildman–Crippen LogP) is 1.78. The zero-order valence-corrected chi connectivity index (χ0v) is 9.00. The first kappa shape index (κ1) is 9.28. The maximum absolute atomic E-state index is 4.50. The predicted molar refractivity (Wildman–Crippen MR) is 58.7 cm³/mol. The zero-order chi connectivity index (χ0) is 10.1. The maximum atomic E-state index is 4.50. The Labute approximate surface area is 90.3 Å². The van der Waals surface area contributed by atoms with Gasteiger partial charge < -0.3 is 5.32 Å². The molecule has 1 N–H and O–H groups in total. The molecule has 0 saturated carbocycles. The van der Waals surface area contributed by atoms with Gasteiger partial charge in [0.25, 0.3) is 0 Å². The van der Waals surface area contributed by atoms with Crippen LogP contribution >= 0.6 is 0 Å². The van der Waals surface area contributed by atoms with Crippen LogP contribution in [0.1, 0.15) is 48.7 Å². The van der Waals surface area contributed by atoms with Gasteiger partial charge in [0, 0.05) is 11.7 Å². The Morgan fingerprint density at radius 1 is 1.13 bits per heavy atom. The normalized spacial score (nSPS) is 25.2. The Hall–Kier alpha value is -0.960. The molecule has 3 nitrogen and oxygen atoms in total. The number of nitrogens with one attached hydrogen (secondary N) is 1. The molecule has 1 unspecified atom stereocenters. The van der Waals surface area contributed by atoms with Crippen LogP contribution in [0, 0.1) is 0 Å². The Kier molecular flexibility index (Phi) is 2.41. The molecule has 1 aromatic heterocycles. The molecular formula is C12H17N3. The Balaban J connectivity index is 1.93. The molecule has 3 heteroatoms. The van der Waals surface area contributed by atoms with E-state index in [1.54, 1.807) is 6.33 Å². The first-order valence-corrected chi connectivity index (χ1v) is 6.01. The molecule has 0 bridgehead atoms. The van der Waals surface area contributed by atoms with Gasteiger partial charge in [-0.05, 0) is 44.2 Å². The van der Waals surface area contributed by atoms with Crippen molar-refractivity contribution < 1.29 is 0 Å². The highest BCUT2D eigenvalue weighted by atomic mass is 15.0. The highest BCUT2D eigenvalue weighted by Crippen LogP contribution is 2.29. The van der Waals surface area contributed by atoms with Crippen LogP contribution in [-0.4, -0.2) is 16.5 Å². The molecule has 0 radical (unpaired) electrons. The summed E-state index contributed by atoms with van der Waals surface area (Å²) in [7, 11) is 0. The third-order valence-corrected chi connectivity index (χ3v) is 3.55. The second kappa shape index (κ2) is 3.89. The lowest BCUT2D eigenvalue weighted by Crippen LogP contribution is -2.28. The number of nitrogens with zero attached hydrogens (tertiary/aromatic N) is 2. The van der Waals surface area contributed by atoms with Crippen LogP contribution in [0.5, 0.6) is 0 Å². The van der Waals surface area contributed by atoms with Gasteiger partial charge in [0.05, 0.1) is 5.69 Å². The standard InChI is InChI=1S/C12H17N3/c1-2-7-13-11(5-1)12-9-4-3-6-10(9)14-8-15-12/h8,11,13H,1-7H2. The van der Waals surface area contributed by atoms with E-state index in [1.807, 2.05) is 0 Å². The number of piperidine rings is 1. The van der Waals surface area contributed by atoms with Crippen molar-refractivity contribution >= 4 is 0 Å². The van der Waals surface area contributed by atoms with E-state index in [1.165, 1.54) is 49.1 Å². The van der Waals surface area contributed by atoms with Crippen molar-refractivity contribution in [1.82, 2.24) is 15.3 Å². The largest absolute Gasteiger partial charge is 0.309 e. The van der Waals surface area contributed by atoms with E-state index in [-0.39, 0.29) is 0 Å². The molecule has 80 valence electrons.